The molecule has 126 valence electrons. The van der Waals surface area contributed by atoms with Gasteiger partial charge < -0.3 is 15.0 Å². The first kappa shape index (κ1) is 16.4. The highest BCUT2D eigenvalue weighted by Crippen LogP contribution is 2.27. The van der Waals surface area contributed by atoms with Crippen LogP contribution >= 0.6 is 0 Å². The summed E-state index contributed by atoms with van der Waals surface area (Å²) in [5, 5.41) is 11.4. The second-order valence-corrected chi connectivity index (χ2v) is 5.77. The Morgan fingerprint density at radius 3 is 2.92 bits per heavy atom. The maximum Gasteiger partial charge on any atom is 0.278 e. The van der Waals surface area contributed by atoms with Gasteiger partial charge in [0.2, 0.25) is 0 Å². The number of fused-ring (bicyclic) bond motifs is 1. The molecule has 2 heterocycles. The van der Waals surface area contributed by atoms with Crippen LogP contribution in [0.15, 0.2) is 36.4 Å². The van der Waals surface area contributed by atoms with E-state index in [1.807, 2.05) is 18.2 Å². The SMILES string of the molecule is COCCCNc1ccc(C(=O)N2CCCc3ccccc32)nn1. The van der Waals surface area contributed by atoms with Gasteiger partial charge in [0.05, 0.1) is 0 Å². The van der Waals surface area contributed by atoms with Crippen LogP contribution in [0.5, 0.6) is 0 Å². The van der Waals surface area contributed by atoms with Crippen molar-refractivity contribution in [2.45, 2.75) is 19.3 Å². The normalized spacial score (nSPS) is 13.5. The van der Waals surface area contributed by atoms with Crippen LogP contribution in [0.3, 0.4) is 0 Å². The molecule has 1 amide bonds. The molecule has 1 aliphatic heterocycles. The predicted octanol–water partition coefficient (Wildman–Crippen LogP) is 2.52. The lowest BCUT2D eigenvalue weighted by Gasteiger charge is -2.29. The fourth-order valence-corrected chi connectivity index (χ4v) is 2.86. The third kappa shape index (κ3) is 3.71. The summed E-state index contributed by atoms with van der Waals surface area (Å²) < 4.78 is 5.00. The summed E-state index contributed by atoms with van der Waals surface area (Å²) in [6.45, 7) is 2.18. The number of ether oxygens (including phenoxy) is 1. The Morgan fingerprint density at radius 1 is 1.25 bits per heavy atom. The van der Waals surface area contributed by atoms with Crippen LogP contribution in [0.25, 0.3) is 0 Å². The number of benzene rings is 1. The van der Waals surface area contributed by atoms with Crippen LogP contribution in [0.4, 0.5) is 11.5 Å². The molecule has 24 heavy (non-hydrogen) atoms. The Labute approximate surface area is 141 Å². The van der Waals surface area contributed by atoms with Crippen LogP contribution in [0.1, 0.15) is 28.9 Å². The molecular weight excluding hydrogens is 304 g/mol. The second-order valence-electron chi connectivity index (χ2n) is 5.77. The molecule has 3 rings (SSSR count). The van der Waals surface area contributed by atoms with E-state index < -0.39 is 0 Å². The van der Waals surface area contributed by atoms with Gasteiger partial charge >= 0.3 is 0 Å². The van der Waals surface area contributed by atoms with Crippen LogP contribution in [0.2, 0.25) is 0 Å². The van der Waals surface area contributed by atoms with Gasteiger partial charge in [-0.05, 0) is 43.0 Å². The van der Waals surface area contributed by atoms with Crippen molar-refractivity contribution in [1.29, 1.82) is 0 Å². The molecule has 1 aromatic heterocycles. The summed E-state index contributed by atoms with van der Waals surface area (Å²) in [5.41, 5.74) is 2.56. The first-order valence-corrected chi connectivity index (χ1v) is 8.26. The lowest BCUT2D eigenvalue weighted by molar-refractivity contribution is 0.0979. The van der Waals surface area contributed by atoms with Crippen molar-refractivity contribution in [2.75, 3.05) is 37.0 Å². The smallest absolute Gasteiger partial charge is 0.278 e. The number of rotatable bonds is 6. The maximum absolute atomic E-state index is 12.8. The van der Waals surface area contributed by atoms with Crippen LogP contribution < -0.4 is 10.2 Å². The fourth-order valence-electron chi connectivity index (χ4n) is 2.86. The number of carbonyl (C=O) groups is 1. The van der Waals surface area contributed by atoms with Gasteiger partial charge in [-0.15, -0.1) is 10.2 Å². The highest BCUT2D eigenvalue weighted by Gasteiger charge is 2.24. The summed E-state index contributed by atoms with van der Waals surface area (Å²) in [7, 11) is 1.68. The van der Waals surface area contributed by atoms with Crippen molar-refractivity contribution in [1.82, 2.24) is 10.2 Å². The van der Waals surface area contributed by atoms with E-state index in [4.69, 9.17) is 4.74 Å². The molecule has 0 fully saturated rings. The first-order valence-electron chi connectivity index (χ1n) is 8.26. The third-order valence-electron chi connectivity index (χ3n) is 4.07. The molecule has 0 aliphatic carbocycles. The van der Waals surface area contributed by atoms with Gasteiger partial charge in [-0.25, -0.2) is 0 Å². The van der Waals surface area contributed by atoms with Crippen molar-refractivity contribution in [2.24, 2.45) is 0 Å². The summed E-state index contributed by atoms with van der Waals surface area (Å²) in [6, 6.07) is 11.6. The predicted molar refractivity (Wildman–Crippen MR) is 93.5 cm³/mol. The Hall–Kier alpha value is -2.47. The van der Waals surface area contributed by atoms with Crippen LogP contribution in [-0.4, -0.2) is 42.9 Å². The Bertz CT molecular complexity index is 688. The Balaban J connectivity index is 1.68. The third-order valence-corrected chi connectivity index (χ3v) is 4.07. The summed E-state index contributed by atoms with van der Waals surface area (Å²) in [5.74, 6) is 0.572. The number of methoxy groups -OCH3 is 1. The number of anilines is 2. The minimum atomic E-state index is -0.0967. The Morgan fingerprint density at radius 2 is 2.12 bits per heavy atom. The van der Waals surface area contributed by atoms with Gasteiger partial charge in [0.25, 0.3) is 5.91 Å². The van der Waals surface area contributed by atoms with E-state index in [2.05, 4.69) is 21.6 Å². The molecule has 0 radical (unpaired) electrons. The minimum absolute atomic E-state index is 0.0967. The van der Waals surface area contributed by atoms with Gasteiger partial charge in [-0.2, -0.15) is 0 Å². The van der Waals surface area contributed by atoms with Gasteiger partial charge in [-0.3, -0.25) is 4.79 Å². The zero-order valence-electron chi connectivity index (χ0n) is 13.9. The lowest BCUT2D eigenvalue weighted by Crippen LogP contribution is -2.36. The quantitative estimate of drug-likeness (QED) is 0.826. The lowest BCUT2D eigenvalue weighted by atomic mass is 10.0. The highest BCUT2D eigenvalue weighted by molar-refractivity contribution is 6.05. The molecule has 1 N–H and O–H groups in total. The first-order chi connectivity index (χ1) is 11.8. The number of hydrogen-bond acceptors (Lipinski definition) is 5. The fraction of sp³-hybridized carbons (Fsp3) is 0.389. The van der Waals surface area contributed by atoms with Crippen molar-refractivity contribution in [3.63, 3.8) is 0 Å². The maximum atomic E-state index is 12.8. The van der Waals surface area contributed by atoms with E-state index in [1.165, 1.54) is 5.56 Å². The molecule has 1 aromatic carbocycles. The average molecular weight is 326 g/mol. The zero-order valence-corrected chi connectivity index (χ0v) is 13.9. The molecule has 6 nitrogen and oxygen atoms in total. The van der Waals surface area contributed by atoms with E-state index in [0.717, 1.165) is 31.5 Å². The largest absolute Gasteiger partial charge is 0.385 e. The summed E-state index contributed by atoms with van der Waals surface area (Å²) in [4.78, 5) is 14.6. The van der Waals surface area contributed by atoms with Crippen molar-refractivity contribution in [3.8, 4) is 0 Å². The van der Waals surface area contributed by atoms with Crippen molar-refractivity contribution in [3.05, 3.63) is 47.7 Å². The summed E-state index contributed by atoms with van der Waals surface area (Å²) >= 11 is 0. The number of amides is 1. The molecular formula is C18H22N4O2. The summed E-state index contributed by atoms with van der Waals surface area (Å²) in [6.07, 6.45) is 2.87. The van der Waals surface area contributed by atoms with Crippen LogP contribution in [-0.2, 0) is 11.2 Å². The standard InChI is InChI=1S/C18H22N4O2/c1-24-13-5-11-19-17-10-9-15(20-21-17)18(23)22-12-4-7-14-6-2-3-8-16(14)22/h2-3,6,8-10H,4-5,7,11-13H2,1H3,(H,19,21). The molecule has 0 saturated heterocycles. The second kappa shape index (κ2) is 7.88. The number of hydrogen-bond donors (Lipinski definition) is 1. The molecule has 0 bridgehead atoms. The van der Waals surface area contributed by atoms with Crippen molar-refractivity contribution < 1.29 is 9.53 Å². The number of nitrogens with one attached hydrogen (secondary N) is 1. The molecule has 0 saturated carbocycles. The molecule has 2 aromatic rings. The van der Waals surface area contributed by atoms with E-state index in [-0.39, 0.29) is 5.91 Å². The number of para-hydroxylation sites is 1. The van der Waals surface area contributed by atoms with Gasteiger partial charge in [0.15, 0.2) is 5.69 Å². The van der Waals surface area contributed by atoms with Crippen molar-refractivity contribution >= 4 is 17.4 Å². The number of carbonyl (C=O) groups excluding carboxylic acids is 1. The molecule has 6 heteroatoms. The molecule has 0 atom stereocenters. The van der Waals surface area contributed by atoms with Gasteiger partial charge in [0, 0.05) is 32.5 Å². The number of aryl methyl sites for hydroxylation is 1. The van der Waals surface area contributed by atoms with Gasteiger partial charge in [0.1, 0.15) is 5.82 Å². The van der Waals surface area contributed by atoms with Crippen LogP contribution in [0, 0.1) is 0 Å². The van der Waals surface area contributed by atoms with E-state index in [1.54, 1.807) is 24.1 Å². The zero-order chi connectivity index (χ0) is 16.8. The van der Waals surface area contributed by atoms with E-state index >= 15 is 0 Å². The Kier molecular flexibility index (Phi) is 5.38. The average Bonchev–Trinajstić information content (AvgIpc) is 2.65. The molecule has 0 unspecified atom stereocenters. The monoisotopic (exact) mass is 326 g/mol. The van der Waals surface area contributed by atoms with E-state index in [9.17, 15) is 4.79 Å². The topological polar surface area (TPSA) is 67.3 Å². The van der Waals surface area contributed by atoms with E-state index in [0.29, 0.717) is 24.7 Å². The van der Waals surface area contributed by atoms with Gasteiger partial charge in [-0.1, -0.05) is 18.2 Å². The number of nitrogens with zero attached hydrogens (tertiary/aromatic N) is 3. The molecule has 0 spiro atoms. The molecule has 1 aliphatic rings. The number of aromatic nitrogens is 2. The minimum Gasteiger partial charge on any atom is -0.385 e. The highest BCUT2D eigenvalue weighted by atomic mass is 16.5.